The maximum atomic E-state index is 3.89. The number of nitrogens with zero attached hydrogens (tertiary/aromatic N) is 5. The predicted octanol–water partition coefficient (Wildman–Crippen LogP) is 0.129. The fourth-order valence-electron chi connectivity index (χ4n) is 0.759. The van der Waals surface area contributed by atoms with Gasteiger partial charge in [0.15, 0.2) is 5.82 Å². The van der Waals surface area contributed by atoms with Gasteiger partial charge in [0, 0.05) is 6.20 Å². The summed E-state index contributed by atoms with van der Waals surface area (Å²) in [4.78, 5) is 11.3. The summed E-state index contributed by atoms with van der Waals surface area (Å²) < 4.78 is 0. The van der Waals surface area contributed by atoms with E-state index in [1.54, 1.807) is 18.3 Å². The van der Waals surface area contributed by atoms with Crippen LogP contribution in [-0.4, -0.2) is 25.1 Å². The third kappa shape index (κ3) is 1.24. The second kappa shape index (κ2) is 3.00. The third-order valence-corrected chi connectivity index (χ3v) is 1.25. The van der Waals surface area contributed by atoms with Crippen LogP contribution in [0.1, 0.15) is 0 Å². The molecule has 2 rings (SSSR count). The molecular formula is C7H4N5. The Morgan fingerprint density at radius 1 is 1.33 bits per heavy atom. The predicted molar refractivity (Wildman–Crippen MR) is 39.7 cm³/mol. The van der Waals surface area contributed by atoms with Crippen molar-refractivity contribution in [3.8, 4) is 11.5 Å². The number of hydrogen-bond acceptors (Lipinski definition) is 5. The van der Waals surface area contributed by atoms with Crippen LogP contribution in [0.4, 0.5) is 0 Å². The zero-order valence-corrected chi connectivity index (χ0v) is 6.05. The highest BCUT2D eigenvalue weighted by Crippen LogP contribution is 2.05. The third-order valence-electron chi connectivity index (χ3n) is 1.25. The molecule has 0 aliphatic rings. The Labute approximate surface area is 68.6 Å². The van der Waals surface area contributed by atoms with E-state index >= 15 is 0 Å². The summed E-state index contributed by atoms with van der Waals surface area (Å²) in [5.74, 6) is 0.484. The maximum absolute atomic E-state index is 3.89. The maximum Gasteiger partial charge on any atom is 0.201 e. The molecule has 0 spiro atoms. The molecule has 0 saturated heterocycles. The highest BCUT2D eigenvalue weighted by Gasteiger charge is 1.99. The highest BCUT2D eigenvalue weighted by molar-refractivity contribution is 5.45. The molecule has 0 aromatic carbocycles. The number of aromatic nitrogens is 5. The van der Waals surface area contributed by atoms with E-state index in [1.807, 2.05) is 0 Å². The molecule has 5 heteroatoms. The Balaban J connectivity index is 2.46. The molecule has 57 valence electrons. The van der Waals surface area contributed by atoms with E-state index in [-0.39, 0.29) is 0 Å². The van der Waals surface area contributed by atoms with Crippen molar-refractivity contribution in [2.45, 2.75) is 0 Å². The number of rotatable bonds is 1. The van der Waals surface area contributed by atoms with E-state index in [2.05, 4.69) is 31.5 Å². The van der Waals surface area contributed by atoms with Gasteiger partial charge in [-0.15, -0.1) is 5.10 Å². The second-order valence-electron chi connectivity index (χ2n) is 2.02. The Morgan fingerprint density at radius 3 is 3.00 bits per heavy atom. The van der Waals surface area contributed by atoms with Crippen molar-refractivity contribution >= 4 is 0 Å². The Hall–Kier alpha value is -1.91. The molecule has 0 aliphatic carbocycles. The van der Waals surface area contributed by atoms with Crippen molar-refractivity contribution in [3.05, 3.63) is 31.0 Å². The molecule has 0 N–H and O–H groups in total. The first-order valence-electron chi connectivity index (χ1n) is 3.30. The van der Waals surface area contributed by atoms with Crippen LogP contribution < -0.4 is 0 Å². The summed E-state index contributed by atoms with van der Waals surface area (Å²) in [7, 11) is 0. The fourth-order valence-corrected chi connectivity index (χ4v) is 0.759. The van der Waals surface area contributed by atoms with E-state index in [4.69, 9.17) is 0 Å². The van der Waals surface area contributed by atoms with Gasteiger partial charge in [-0.25, -0.2) is 15.0 Å². The molecule has 0 atom stereocenters. The van der Waals surface area contributed by atoms with Crippen LogP contribution in [0.2, 0.25) is 0 Å². The zero-order valence-electron chi connectivity index (χ0n) is 6.05. The average molecular weight is 158 g/mol. The SMILES string of the molecule is [c]1ncnc(-c2cccnn2)n1. The first-order valence-corrected chi connectivity index (χ1v) is 3.30. The Morgan fingerprint density at radius 2 is 2.33 bits per heavy atom. The van der Waals surface area contributed by atoms with Crippen LogP contribution in [-0.2, 0) is 0 Å². The largest absolute Gasteiger partial charge is 0.215 e. The van der Waals surface area contributed by atoms with Gasteiger partial charge in [-0.3, -0.25) is 0 Å². The summed E-state index contributed by atoms with van der Waals surface area (Å²) in [5.41, 5.74) is 0.621. The Bertz CT molecular complexity index is 309. The van der Waals surface area contributed by atoms with E-state index in [0.29, 0.717) is 11.5 Å². The van der Waals surface area contributed by atoms with Crippen molar-refractivity contribution in [2.24, 2.45) is 0 Å². The molecule has 0 amide bonds. The summed E-state index contributed by atoms with van der Waals surface area (Å²) in [5, 5.41) is 7.52. The van der Waals surface area contributed by atoms with Gasteiger partial charge in [-0.1, -0.05) is 0 Å². The lowest BCUT2D eigenvalue weighted by atomic mass is 10.4. The van der Waals surface area contributed by atoms with Gasteiger partial charge in [-0.2, -0.15) is 5.10 Å². The molecule has 1 radical (unpaired) electrons. The Kier molecular flexibility index (Phi) is 1.69. The second-order valence-corrected chi connectivity index (χ2v) is 2.02. The minimum Gasteiger partial charge on any atom is -0.215 e. The van der Waals surface area contributed by atoms with Crippen LogP contribution in [0.3, 0.4) is 0 Å². The van der Waals surface area contributed by atoms with Crippen LogP contribution in [0, 0.1) is 6.33 Å². The molecule has 0 fully saturated rings. The van der Waals surface area contributed by atoms with Crippen molar-refractivity contribution in [1.29, 1.82) is 0 Å². The average Bonchev–Trinajstić information content (AvgIpc) is 2.21. The van der Waals surface area contributed by atoms with E-state index in [9.17, 15) is 0 Å². The highest BCUT2D eigenvalue weighted by atomic mass is 15.1. The molecule has 2 aromatic rings. The van der Waals surface area contributed by atoms with Gasteiger partial charge < -0.3 is 0 Å². The number of hydrogen-bond donors (Lipinski definition) is 0. The minimum absolute atomic E-state index is 0.484. The van der Waals surface area contributed by atoms with Gasteiger partial charge in [0.25, 0.3) is 0 Å². The van der Waals surface area contributed by atoms with Gasteiger partial charge in [0.1, 0.15) is 12.0 Å². The zero-order chi connectivity index (χ0) is 8.23. The normalized spacial score (nSPS) is 9.67. The summed E-state index contributed by atoms with van der Waals surface area (Å²) in [6.07, 6.45) is 5.39. The lowest BCUT2D eigenvalue weighted by Crippen LogP contribution is -1.92. The molecule has 12 heavy (non-hydrogen) atoms. The first-order chi connectivity index (χ1) is 5.97. The topological polar surface area (TPSA) is 64.5 Å². The standard InChI is InChI=1S/C7H4N5/c1-2-6(12-11-3-1)7-9-4-8-5-10-7/h1-4H. The minimum atomic E-state index is 0.484. The summed E-state index contributed by atoms with van der Waals surface area (Å²) >= 11 is 0. The molecule has 2 heterocycles. The van der Waals surface area contributed by atoms with Crippen molar-refractivity contribution in [1.82, 2.24) is 25.1 Å². The smallest absolute Gasteiger partial charge is 0.201 e. The molecule has 2 aromatic heterocycles. The monoisotopic (exact) mass is 158 g/mol. The van der Waals surface area contributed by atoms with Gasteiger partial charge >= 0.3 is 0 Å². The van der Waals surface area contributed by atoms with Crippen molar-refractivity contribution in [2.75, 3.05) is 0 Å². The molecule has 0 bridgehead atoms. The molecule has 0 unspecified atom stereocenters. The molecule has 0 aliphatic heterocycles. The van der Waals surface area contributed by atoms with Gasteiger partial charge in [0.05, 0.1) is 0 Å². The van der Waals surface area contributed by atoms with Crippen LogP contribution in [0.25, 0.3) is 11.5 Å². The van der Waals surface area contributed by atoms with E-state index < -0.39 is 0 Å². The van der Waals surface area contributed by atoms with Crippen molar-refractivity contribution in [3.63, 3.8) is 0 Å². The summed E-state index contributed by atoms with van der Waals surface area (Å²) in [6, 6.07) is 3.54. The molecule has 5 nitrogen and oxygen atoms in total. The van der Waals surface area contributed by atoms with Crippen LogP contribution in [0.5, 0.6) is 0 Å². The van der Waals surface area contributed by atoms with Crippen molar-refractivity contribution < 1.29 is 0 Å². The van der Waals surface area contributed by atoms with Crippen LogP contribution in [0.15, 0.2) is 24.7 Å². The molecular weight excluding hydrogens is 154 g/mol. The van der Waals surface area contributed by atoms with Crippen LogP contribution >= 0.6 is 0 Å². The fraction of sp³-hybridized carbons (Fsp3) is 0. The van der Waals surface area contributed by atoms with E-state index in [0.717, 1.165) is 0 Å². The first kappa shape index (κ1) is 6.78. The lowest BCUT2D eigenvalue weighted by Gasteiger charge is -1.93. The lowest BCUT2D eigenvalue weighted by molar-refractivity contribution is 0.982. The van der Waals surface area contributed by atoms with E-state index in [1.165, 1.54) is 6.33 Å². The quantitative estimate of drug-likeness (QED) is 0.590. The van der Waals surface area contributed by atoms with Gasteiger partial charge in [-0.05, 0) is 12.1 Å². The van der Waals surface area contributed by atoms with Gasteiger partial charge in [0.2, 0.25) is 6.33 Å². The summed E-state index contributed by atoms with van der Waals surface area (Å²) in [6.45, 7) is 0. The molecule has 0 saturated carbocycles.